The minimum atomic E-state index is -0.661. The molecule has 71 heavy (non-hydrogen) atoms. The van der Waals surface area contributed by atoms with Crippen LogP contribution in [0.2, 0.25) is 0 Å². The number of nitrogens with zero attached hydrogens (tertiary/aromatic N) is 5. The van der Waals surface area contributed by atoms with Crippen molar-refractivity contribution in [2.75, 3.05) is 81.4 Å². The first kappa shape index (κ1) is 60.5. The monoisotopic (exact) mass is 995 g/mol. The molecule has 0 aliphatic carbocycles. The lowest BCUT2D eigenvalue weighted by Crippen LogP contribution is -2.54. The zero-order valence-electron chi connectivity index (χ0n) is 44.9. The van der Waals surface area contributed by atoms with E-state index in [-0.39, 0.29) is 105 Å². The molecular formula is C54H86N6O11. The minimum absolute atomic E-state index is 0.00577. The summed E-state index contributed by atoms with van der Waals surface area (Å²) >= 11 is 0. The number of likely N-dealkylation sites (N-methyl/N-ethyl adjacent to an activating group) is 1. The number of carbonyl (C=O) groups is 7. The molecule has 398 valence electrons. The third-order valence-corrected chi connectivity index (χ3v) is 13.8. The average molecular weight is 995 g/mol. The van der Waals surface area contributed by atoms with Crippen molar-refractivity contribution >= 4 is 46.9 Å². The van der Waals surface area contributed by atoms with E-state index in [4.69, 9.17) is 23.9 Å². The Morgan fingerprint density at radius 1 is 0.845 bits per heavy atom. The number of hydrogen-bond donors (Lipinski definition) is 1. The van der Waals surface area contributed by atoms with Gasteiger partial charge in [0.05, 0.1) is 50.5 Å². The summed E-state index contributed by atoms with van der Waals surface area (Å²) in [6.07, 6.45) is 4.57. The van der Waals surface area contributed by atoms with Gasteiger partial charge in [0, 0.05) is 111 Å². The largest absolute Gasteiger partial charge is 0.379 e. The van der Waals surface area contributed by atoms with Crippen molar-refractivity contribution in [3.63, 3.8) is 0 Å². The highest BCUT2D eigenvalue weighted by molar-refractivity contribution is 6.13. The van der Waals surface area contributed by atoms with Gasteiger partial charge < -0.3 is 39.0 Å². The summed E-state index contributed by atoms with van der Waals surface area (Å²) in [6, 6.07) is 8.16. The van der Waals surface area contributed by atoms with Gasteiger partial charge in [-0.1, -0.05) is 85.2 Å². The number of methoxy groups -OCH3 is 2. The molecule has 8 atom stereocenters. The van der Waals surface area contributed by atoms with Crippen molar-refractivity contribution in [2.24, 2.45) is 34.6 Å². The summed E-state index contributed by atoms with van der Waals surface area (Å²) in [5.41, 5.74) is 0.921. The van der Waals surface area contributed by atoms with Crippen molar-refractivity contribution in [3.8, 4) is 0 Å². The molecule has 0 spiro atoms. The molecule has 1 N–H and O–H groups in total. The standard InChI is InChI=1S/C54H86N6O11/c1-13-38(6)50(58(10)54(67)49(36(2)3)56-52(37(4)5)57(8)9)45(68-11)35-48(65)59-27-17-22-43(59)51(69-12)39(7)44(62)34-41(33-40-19-15-14-16-20-40)53(66)55-26-30-71-32-31-70-29-18-21-42(61)25-28-60-46(63)23-24-47(60)64/h14-16,19-20,23-24,36-39,41,43,45,49-51H,13,17-18,21-22,25-35H2,1-12H3,(H,55,66)/t38-,39-,41+,43-,45+,49-,50-,51+/m0/s1. The Bertz CT molecular complexity index is 1910. The van der Waals surface area contributed by atoms with E-state index in [1.165, 1.54) is 12.2 Å². The number of aliphatic imine (C=N–C) groups is 1. The highest BCUT2D eigenvalue weighted by Gasteiger charge is 2.43. The number of carbonyl (C=O) groups excluding carboxylic acids is 7. The van der Waals surface area contributed by atoms with Crippen LogP contribution < -0.4 is 5.32 Å². The van der Waals surface area contributed by atoms with Gasteiger partial charge >= 0.3 is 0 Å². The van der Waals surface area contributed by atoms with Gasteiger partial charge in [-0.15, -0.1) is 0 Å². The number of nitrogens with one attached hydrogen (secondary N) is 1. The zero-order valence-corrected chi connectivity index (χ0v) is 44.9. The zero-order chi connectivity index (χ0) is 52.8. The van der Waals surface area contributed by atoms with E-state index in [9.17, 15) is 33.6 Å². The summed E-state index contributed by atoms with van der Waals surface area (Å²) < 4.78 is 23.4. The Balaban J connectivity index is 1.60. The Hall–Kier alpha value is -4.84. The molecule has 5 amide bonds. The number of hydrogen-bond acceptors (Lipinski definition) is 12. The topological polar surface area (TPSA) is 194 Å². The van der Waals surface area contributed by atoms with Crippen LogP contribution in [-0.4, -0.2) is 178 Å². The Morgan fingerprint density at radius 3 is 2.07 bits per heavy atom. The van der Waals surface area contributed by atoms with Crippen LogP contribution in [0.15, 0.2) is 47.5 Å². The minimum Gasteiger partial charge on any atom is -0.379 e. The molecule has 2 heterocycles. The second kappa shape index (κ2) is 30.9. The maximum atomic E-state index is 14.4. The van der Waals surface area contributed by atoms with Gasteiger partial charge in [0.1, 0.15) is 23.4 Å². The van der Waals surface area contributed by atoms with Gasteiger partial charge in [0.15, 0.2) is 0 Å². The van der Waals surface area contributed by atoms with Gasteiger partial charge in [0.25, 0.3) is 11.8 Å². The van der Waals surface area contributed by atoms with Crippen LogP contribution in [0, 0.1) is 29.6 Å². The molecular weight excluding hydrogens is 909 g/mol. The molecule has 3 rings (SSSR count). The maximum Gasteiger partial charge on any atom is 0.253 e. The Morgan fingerprint density at radius 2 is 1.49 bits per heavy atom. The molecule has 2 aliphatic heterocycles. The average Bonchev–Trinajstić information content (AvgIpc) is 3.95. The molecule has 0 bridgehead atoms. The lowest BCUT2D eigenvalue weighted by Gasteiger charge is -2.40. The summed E-state index contributed by atoms with van der Waals surface area (Å²) in [7, 11) is 8.82. The molecule has 1 aromatic rings. The third kappa shape index (κ3) is 18.6. The van der Waals surface area contributed by atoms with Crippen molar-refractivity contribution in [1.29, 1.82) is 0 Å². The molecule has 1 fully saturated rings. The van der Waals surface area contributed by atoms with Crippen molar-refractivity contribution in [2.45, 2.75) is 137 Å². The first-order chi connectivity index (χ1) is 33.8. The highest BCUT2D eigenvalue weighted by atomic mass is 16.5. The second-order valence-corrected chi connectivity index (χ2v) is 19.9. The number of rotatable bonds is 33. The van der Waals surface area contributed by atoms with E-state index in [1.807, 2.05) is 75.0 Å². The number of amides is 5. The van der Waals surface area contributed by atoms with E-state index in [2.05, 4.69) is 33.0 Å². The number of benzene rings is 1. The maximum absolute atomic E-state index is 14.4. The Kier molecular flexibility index (Phi) is 26.3. The van der Waals surface area contributed by atoms with Crippen LogP contribution in [0.1, 0.15) is 105 Å². The smallest absolute Gasteiger partial charge is 0.253 e. The van der Waals surface area contributed by atoms with E-state index in [1.54, 1.807) is 26.2 Å². The summed E-state index contributed by atoms with van der Waals surface area (Å²) in [6.45, 7) is 16.0. The predicted molar refractivity (Wildman–Crippen MR) is 273 cm³/mol. The summed E-state index contributed by atoms with van der Waals surface area (Å²) in [5.74, 6) is -1.90. The number of ether oxygens (including phenoxy) is 4. The van der Waals surface area contributed by atoms with E-state index in [0.717, 1.165) is 29.1 Å². The number of Topliss-reactive ketones (excluding diaryl/α,β-unsaturated/α-hetero) is 2. The number of imide groups is 1. The molecule has 17 heteroatoms. The van der Waals surface area contributed by atoms with Crippen LogP contribution in [-0.2, 0) is 58.9 Å². The molecule has 0 saturated carbocycles. The van der Waals surface area contributed by atoms with E-state index >= 15 is 0 Å². The fourth-order valence-electron chi connectivity index (χ4n) is 9.64. The highest BCUT2D eigenvalue weighted by Crippen LogP contribution is 2.31. The molecule has 0 unspecified atom stereocenters. The molecule has 17 nitrogen and oxygen atoms in total. The first-order valence-corrected chi connectivity index (χ1v) is 25.7. The van der Waals surface area contributed by atoms with E-state index < -0.39 is 47.9 Å². The van der Waals surface area contributed by atoms with Gasteiger partial charge in [-0.05, 0) is 43.1 Å². The van der Waals surface area contributed by atoms with Gasteiger partial charge in [-0.25, -0.2) is 0 Å². The molecule has 2 aliphatic rings. The Labute approximate surface area is 423 Å². The number of ketones is 2. The van der Waals surface area contributed by atoms with Crippen LogP contribution in [0.25, 0.3) is 0 Å². The van der Waals surface area contributed by atoms with Crippen LogP contribution in [0.5, 0.6) is 0 Å². The normalized spacial score (nSPS) is 18.1. The summed E-state index contributed by atoms with van der Waals surface area (Å²) in [5, 5.41) is 2.94. The SMILES string of the molecule is CC[C@H](C)[C@@H]([C@@H](CC(=O)N1CCC[C@H]1[C@H](OC)[C@@H](C)C(=O)C[C@@H](Cc1ccccc1)C(=O)NCCOCCOCCCC(=O)CCN1C(=O)C=CC1=O)OC)N(C)C(=O)[C@@H](N=C(C(C)C)N(C)C)C(C)C. The number of amidine groups is 1. The number of likely N-dealkylation sites (tertiary alicyclic amines) is 1. The predicted octanol–water partition coefficient (Wildman–Crippen LogP) is 5.18. The third-order valence-electron chi connectivity index (χ3n) is 13.8. The van der Waals surface area contributed by atoms with Gasteiger partial charge in [-0.2, -0.15) is 0 Å². The lowest BCUT2D eigenvalue weighted by atomic mass is 9.85. The van der Waals surface area contributed by atoms with Gasteiger partial charge in [0.2, 0.25) is 17.7 Å². The fraction of sp³-hybridized carbons (Fsp3) is 0.704. The van der Waals surface area contributed by atoms with Crippen molar-refractivity contribution in [1.82, 2.24) is 24.9 Å². The van der Waals surface area contributed by atoms with Crippen molar-refractivity contribution < 1.29 is 52.5 Å². The molecule has 0 aromatic heterocycles. The lowest BCUT2D eigenvalue weighted by molar-refractivity contribution is -0.146. The van der Waals surface area contributed by atoms with Crippen LogP contribution >= 0.6 is 0 Å². The molecule has 0 radical (unpaired) electrons. The van der Waals surface area contributed by atoms with Crippen LogP contribution in [0.3, 0.4) is 0 Å². The quantitative estimate of drug-likeness (QED) is 0.0421. The summed E-state index contributed by atoms with van der Waals surface area (Å²) in [4.78, 5) is 104. The van der Waals surface area contributed by atoms with Crippen LogP contribution in [0.4, 0.5) is 0 Å². The van der Waals surface area contributed by atoms with E-state index in [0.29, 0.717) is 39.0 Å². The molecule has 1 aromatic carbocycles. The first-order valence-electron chi connectivity index (χ1n) is 25.7. The molecule has 1 saturated heterocycles. The second-order valence-electron chi connectivity index (χ2n) is 19.9. The van der Waals surface area contributed by atoms with Crippen molar-refractivity contribution in [3.05, 3.63) is 48.0 Å². The van der Waals surface area contributed by atoms with Gasteiger partial charge in [-0.3, -0.25) is 43.5 Å². The fourth-order valence-corrected chi connectivity index (χ4v) is 9.64.